The molecule has 1 saturated heterocycles. The van der Waals surface area contributed by atoms with Crippen LogP contribution in [0.25, 0.3) is 0 Å². The summed E-state index contributed by atoms with van der Waals surface area (Å²) in [7, 11) is 0. The summed E-state index contributed by atoms with van der Waals surface area (Å²) < 4.78 is 10.5. The third-order valence-corrected chi connectivity index (χ3v) is 3.18. The van der Waals surface area contributed by atoms with Gasteiger partial charge in [-0.1, -0.05) is 13.0 Å². The molecule has 3 unspecified atom stereocenters. The Bertz CT molecular complexity index is 245. The van der Waals surface area contributed by atoms with E-state index in [1.54, 1.807) is 0 Å². The Morgan fingerprint density at radius 1 is 1.53 bits per heavy atom. The number of carbonyl (C=O) groups is 1. The summed E-state index contributed by atoms with van der Waals surface area (Å²) in [6, 6.07) is 0. The minimum atomic E-state index is -0.289. The van der Waals surface area contributed by atoms with Gasteiger partial charge in [0.2, 0.25) is 0 Å². The largest absolute Gasteiger partial charge is 0.459 e. The summed E-state index contributed by atoms with van der Waals surface area (Å²) in [6.07, 6.45) is 7.39. The molecule has 1 saturated carbocycles. The number of esters is 1. The molecule has 0 aromatic heterocycles. The van der Waals surface area contributed by atoms with E-state index in [2.05, 4.69) is 6.58 Å². The van der Waals surface area contributed by atoms with Crippen molar-refractivity contribution in [2.45, 2.75) is 44.3 Å². The first-order valence-electron chi connectivity index (χ1n) is 5.72. The normalized spacial score (nSPS) is 34.5. The van der Waals surface area contributed by atoms with Crippen LogP contribution in [-0.4, -0.2) is 24.8 Å². The minimum Gasteiger partial charge on any atom is -0.459 e. The third kappa shape index (κ3) is 3.34. The molecule has 1 heterocycles. The highest BCUT2D eigenvalue weighted by Gasteiger charge is 2.31. The fourth-order valence-electron chi connectivity index (χ4n) is 2.35. The first kappa shape index (κ1) is 10.7. The van der Waals surface area contributed by atoms with E-state index >= 15 is 0 Å². The molecule has 3 nitrogen and oxygen atoms in total. The number of ether oxygens (including phenoxy) is 2. The summed E-state index contributed by atoms with van der Waals surface area (Å²) in [5.74, 6) is 0.386. The summed E-state index contributed by atoms with van der Waals surface area (Å²) in [4.78, 5) is 11.1. The fraction of sp³-hybridized carbons (Fsp3) is 0.750. The average molecular weight is 210 g/mol. The maximum atomic E-state index is 11.1. The van der Waals surface area contributed by atoms with E-state index in [1.165, 1.54) is 12.5 Å². The lowest BCUT2D eigenvalue weighted by Gasteiger charge is -2.28. The van der Waals surface area contributed by atoms with Gasteiger partial charge in [-0.3, -0.25) is 0 Å². The van der Waals surface area contributed by atoms with Crippen LogP contribution in [0.4, 0.5) is 0 Å². The van der Waals surface area contributed by atoms with E-state index in [0.29, 0.717) is 12.0 Å². The van der Waals surface area contributed by atoms with Crippen molar-refractivity contribution in [1.82, 2.24) is 0 Å². The Balaban J connectivity index is 1.75. The first-order valence-corrected chi connectivity index (χ1v) is 5.72. The van der Waals surface area contributed by atoms with Crippen LogP contribution in [0.1, 0.15) is 32.1 Å². The van der Waals surface area contributed by atoms with Crippen molar-refractivity contribution in [1.29, 1.82) is 0 Å². The number of hydrogen-bond donors (Lipinski definition) is 0. The Kier molecular flexibility index (Phi) is 3.41. The van der Waals surface area contributed by atoms with Gasteiger partial charge in [0.1, 0.15) is 6.10 Å². The molecular weight excluding hydrogens is 192 g/mol. The van der Waals surface area contributed by atoms with Gasteiger partial charge >= 0.3 is 5.97 Å². The van der Waals surface area contributed by atoms with Crippen LogP contribution >= 0.6 is 0 Å². The highest BCUT2D eigenvalue weighted by Crippen LogP contribution is 2.32. The highest BCUT2D eigenvalue weighted by atomic mass is 16.6. The van der Waals surface area contributed by atoms with Gasteiger partial charge in [-0.25, -0.2) is 4.79 Å². The standard InChI is InChI=1S/C12H18O3/c1-2-12(13)15-10-5-3-4-9(6-10)7-11-8-14-11/h2,9-11H,1,3-8H2. The van der Waals surface area contributed by atoms with Crippen molar-refractivity contribution in [3.8, 4) is 0 Å². The molecule has 3 heteroatoms. The second-order valence-corrected chi connectivity index (χ2v) is 4.49. The maximum absolute atomic E-state index is 11.1. The van der Waals surface area contributed by atoms with Gasteiger partial charge in [0, 0.05) is 6.08 Å². The fourth-order valence-corrected chi connectivity index (χ4v) is 2.35. The van der Waals surface area contributed by atoms with Gasteiger partial charge in [0.25, 0.3) is 0 Å². The Morgan fingerprint density at radius 2 is 2.33 bits per heavy atom. The Hall–Kier alpha value is -0.830. The van der Waals surface area contributed by atoms with Crippen LogP contribution in [-0.2, 0) is 14.3 Å². The van der Waals surface area contributed by atoms with E-state index in [4.69, 9.17) is 9.47 Å². The SMILES string of the molecule is C=CC(=O)OC1CCCC(CC2CO2)C1. The molecule has 3 atom stereocenters. The monoisotopic (exact) mass is 210 g/mol. The van der Waals surface area contributed by atoms with Gasteiger partial charge in [-0.2, -0.15) is 0 Å². The average Bonchev–Trinajstić information content (AvgIpc) is 3.02. The van der Waals surface area contributed by atoms with Crippen molar-refractivity contribution in [2.75, 3.05) is 6.61 Å². The summed E-state index contributed by atoms with van der Waals surface area (Å²) in [5, 5.41) is 0. The maximum Gasteiger partial charge on any atom is 0.330 e. The van der Waals surface area contributed by atoms with Crippen LogP contribution in [0.5, 0.6) is 0 Å². The van der Waals surface area contributed by atoms with Gasteiger partial charge in [0.05, 0.1) is 12.7 Å². The van der Waals surface area contributed by atoms with Crippen molar-refractivity contribution >= 4 is 5.97 Å². The molecule has 2 aliphatic rings. The van der Waals surface area contributed by atoms with Crippen LogP contribution in [0.15, 0.2) is 12.7 Å². The minimum absolute atomic E-state index is 0.105. The number of epoxide rings is 1. The van der Waals surface area contributed by atoms with Crippen LogP contribution in [0.2, 0.25) is 0 Å². The third-order valence-electron chi connectivity index (χ3n) is 3.18. The van der Waals surface area contributed by atoms with E-state index < -0.39 is 0 Å². The van der Waals surface area contributed by atoms with Gasteiger partial charge in [-0.15, -0.1) is 0 Å². The number of rotatable bonds is 4. The zero-order chi connectivity index (χ0) is 10.7. The second-order valence-electron chi connectivity index (χ2n) is 4.49. The van der Waals surface area contributed by atoms with Gasteiger partial charge in [0.15, 0.2) is 0 Å². The lowest BCUT2D eigenvalue weighted by atomic mass is 9.84. The molecule has 2 fully saturated rings. The lowest BCUT2D eigenvalue weighted by molar-refractivity contribution is -0.145. The van der Waals surface area contributed by atoms with Crippen molar-refractivity contribution in [2.24, 2.45) is 5.92 Å². The lowest BCUT2D eigenvalue weighted by Crippen LogP contribution is -2.25. The van der Waals surface area contributed by atoms with Gasteiger partial charge in [-0.05, 0) is 31.6 Å². The number of hydrogen-bond acceptors (Lipinski definition) is 3. The second kappa shape index (κ2) is 4.79. The molecule has 1 aliphatic carbocycles. The zero-order valence-corrected chi connectivity index (χ0v) is 8.98. The number of carbonyl (C=O) groups excluding carboxylic acids is 1. The van der Waals surface area contributed by atoms with Crippen LogP contribution in [0.3, 0.4) is 0 Å². The molecular formula is C12H18O3. The molecule has 84 valence electrons. The van der Waals surface area contributed by atoms with Crippen molar-refractivity contribution < 1.29 is 14.3 Å². The predicted molar refractivity (Wildman–Crippen MR) is 56.4 cm³/mol. The molecule has 0 radical (unpaired) electrons. The molecule has 0 aromatic carbocycles. The highest BCUT2D eigenvalue weighted by molar-refractivity contribution is 5.81. The molecule has 1 aliphatic heterocycles. The molecule has 15 heavy (non-hydrogen) atoms. The van der Waals surface area contributed by atoms with Crippen LogP contribution in [0, 0.1) is 5.92 Å². The topological polar surface area (TPSA) is 38.8 Å². The smallest absolute Gasteiger partial charge is 0.330 e. The van der Waals surface area contributed by atoms with Crippen LogP contribution < -0.4 is 0 Å². The zero-order valence-electron chi connectivity index (χ0n) is 8.98. The van der Waals surface area contributed by atoms with E-state index in [-0.39, 0.29) is 12.1 Å². The summed E-state index contributed by atoms with van der Waals surface area (Å²) >= 11 is 0. The van der Waals surface area contributed by atoms with E-state index in [0.717, 1.165) is 32.3 Å². The van der Waals surface area contributed by atoms with Crippen molar-refractivity contribution in [3.63, 3.8) is 0 Å². The van der Waals surface area contributed by atoms with E-state index in [1.807, 2.05) is 0 Å². The van der Waals surface area contributed by atoms with Crippen molar-refractivity contribution in [3.05, 3.63) is 12.7 Å². The predicted octanol–water partition coefficient (Wildman–Crippen LogP) is 2.06. The summed E-state index contributed by atoms with van der Waals surface area (Å²) in [5.41, 5.74) is 0. The molecule has 2 rings (SSSR count). The quantitative estimate of drug-likeness (QED) is 0.405. The van der Waals surface area contributed by atoms with Gasteiger partial charge < -0.3 is 9.47 Å². The first-order chi connectivity index (χ1) is 7.28. The molecule has 0 amide bonds. The Labute approximate surface area is 90.4 Å². The summed E-state index contributed by atoms with van der Waals surface area (Å²) in [6.45, 7) is 4.33. The molecule has 0 bridgehead atoms. The molecule has 0 spiro atoms. The Morgan fingerprint density at radius 3 is 3.00 bits per heavy atom. The van der Waals surface area contributed by atoms with E-state index in [9.17, 15) is 4.79 Å². The molecule has 0 N–H and O–H groups in total. The molecule has 0 aromatic rings.